The van der Waals surface area contributed by atoms with Crippen LogP contribution in [0.5, 0.6) is 11.5 Å². The summed E-state index contributed by atoms with van der Waals surface area (Å²) >= 11 is 0. The summed E-state index contributed by atoms with van der Waals surface area (Å²) in [5.74, 6) is -0.444. The molecule has 2 amide bonds. The smallest absolute Gasteiger partial charge is 0.308 e. The van der Waals surface area contributed by atoms with Crippen LogP contribution in [-0.2, 0) is 19.2 Å². The van der Waals surface area contributed by atoms with Crippen molar-refractivity contribution in [2.24, 2.45) is 34.7 Å². The quantitative estimate of drug-likeness (QED) is 0.407. The molecule has 168 valence electrons. The number of hydrogen-bond acceptors (Lipinski definition) is 7. The number of esters is 1. The van der Waals surface area contributed by atoms with Gasteiger partial charge < -0.3 is 14.3 Å². The van der Waals surface area contributed by atoms with Gasteiger partial charge in [0.2, 0.25) is 11.8 Å². The van der Waals surface area contributed by atoms with Gasteiger partial charge in [-0.2, -0.15) is 0 Å². The van der Waals surface area contributed by atoms with E-state index in [1.807, 2.05) is 24.3 Å². The van der Waals surface area contributed by atoms with Crippen LogP contribution < -0.4 is 14.4 Å². The number of benzene rings is 2. The topological polar surface area (TPSA) is 94.5 Å². The molecule has 0 N–H and O–H groups in total. The Kier molecular flexibility index (Phi) is 4.33. The minimum atomic E-state index is -0.428. The number of carbonyl (C=O) groups excluding carboxylic acids is 3. The number of nitrogens with zero attached hydrogens (tertiary/aromatic N) is 2. The SMILES string of the molecule is COc1ccc(C2=NO[C@@H]3[C@H]4C[C@@H]([C@@H]23)[C@@H]2C(=O)N(c3ccc(OC(C)=O)cc3)C(=O)[C@@H]42)cc1. The van der Waals surface area contributed by atoms with Crippen molar-refractivity contribution in [1.82, 2.24) is 0 Å². The molecule has 1 saturated heterocycles. The molecule has 2 aromatic carbocycles. The van der Waals surface area contributed by atoms with E-state index in [9.17, 15) is 14.4 Å². The van der Waals surface area contributed by atoms with Crippen molar-refractivity contribution in [3.63, 3.8) is 0 Å². The second-order valence-corrected chi connectivity index (χ2v) is 9.02. The molecule has 2 aliphatic heterocycles. The first-order valence-corrected chi connectivity index (χ1v) is 11.0. The molecular formula is C25H22N2O6. The Balaban J connectivity index is 1.28. The molecule has 4 aliphatic rings. The third-order valence-corrected chi connectivity index (χ3v) is 7.43. The third kappa shape index (κ3) is 2.83. The molecule has 3 fully saturated rings. The number of anilines is 1. The number of ether oxygens (including phenoxy) is 2. The molecule has 0 radical (unpaired) electrons. The number of imide groups is 1. The number of oxime groups is 1. The lowest BCUT2D eigenvalue weighted by Crippen LogP contribution is -2.41. The fourth-order valence-corrected chi connectivity index (χ4v) is 6.21. The Hall–Kier alpha value is -3.68. The van der Waals surface area contributed by atoms with E-state index in [2.05, 4.69) is 5.16 Å². The highest BCUT2D eigenvalue weighted by Gasteiger charge is 2.70. The predicted molar refractivity (Wildman–Crippen MR) is 117 cm³/mol. The maximum Gasteiger partial charge on any atom is 0.308 e. The molecule has 2 bridgehead atoms. The first-order valence-electron chi connectivity index (χ1n) is 11.0. The van der Waals surface area contributed by atoms with Gasteiger partial charge in [-0.15, -0.1) is 0 Å². The molecule has 33 heavy (non-hydrogen) atoms. The maximum atomic E-state index is 13.5. The fraction of sp³-hybridized carbons (Fsp3) is 0.360. The highest BCUT2D eigenvalue weighted by molar-refractivity contribution is 6.23. The number of hydrogen-bond donors (Lipinski definition) is 0. The van der Waals surface area contributed by atoms with Crippen molar-refractivity contribution in [3.05, 3.63) is 54.1 Å². The van der Waals surface area contributed by atoms with Crippen LogP contribution in [0.1, 0.15) is 18.9 Å². The number of carbonyl (C=O) groups is 3. The van der Waals surface area contributed by atoms with Crippen molar-refractivity contribution in [2.75, 3.05) is 12.0 Å². The monoisotopic (exact) mass is 446 g/mol. The van der Waals surface area contributed by atoms with E-state index in [1.165, 1.54) is 11.8 Å². The van der Waals surface area contributed by atoms with Crippen LogP contribution in [-0.4, -0.2) is 36.7 Å². The molecule has 0 aromatic heterocycles. The van der Waals surface area contributed by atoms with E-state index in [0.29, 0.717) is 11.4 Å². The van der Waals surface area contributed by atoms with Crippen LogP contribution in [0.3, 0.4) is 0 Å². The first kappa shape index (κ1) is 20.0. The minimum Gasteiger partial charge on any atom is -0.497 e. The molecule has 0 unspecified atom stereocenters. The Bertz CT molecular complexity index is 1190. The first-order chi connectivity index (χ1) is 16.0. The molecule has 2 aliphatic carbocycles. The average molecular weight is 446 g/mol. The van der Waals surface area contributed by atoms with Crippen LogP contribution in [0.15, 0.2) is 53.7 Å². The molecule has 0 spiro atoms. The second-order valence-electron chi connectivity index (χ2n) is 9.02. The lowest BCUT2D eigenvalue weighted by molar-refractivity contribution is -0.132. The number of methoxy groups -OCH3 is 1. The number of amides is 2. The zero-order valence-electron chi connectivity index (χ0n) is 18.1. The third-order valence-electron chi connectivity index (χ3n) is 7.43. The summed E-state index contributed by atoms with van der Waals surface area (Å²) in [7, 11) is 1.62. The van der Waals surface area contributed by atoms with Crippen molar-refractivity contribution in [2.45, 2.75) is 19.4 Å². The van der Waals surface area contributed by atoms with Crippen molar-refractivity contribution in [1.29, 1.82) is 0 Å². The molecule has 8 heteroatoms. The van der Waals surface area contributed by atoms with Gasteiger partial charge in [-0.1, -0.05) is 5.16 Å². The lowest BCUT2D eigenvalue weighted by Gasteiger charge is -2.29. The van der Waals surface area contributed by atoms with Gasteiger partial charge in [0.05, 0.1) is 30.3 Å². The van der Waals surface area contributed by atoms with Gasteiger partial charge >= 0.3 is 5.97 Å². The number of rotatable bonds is 4. The fourth-order valence-electron chi connectivity index (χ4n) is 6.21. The zero-order valence-corrected chi connectivity index (χ0v) is 18.1. The van der Waals surface area contributed by atoms with E-state index in [0.717, 1.165) is 23.4 Å². The zero-order chi connectivity index (χ0) is 22.9. The molecule has 2 heterocycles. The van der Waals surface area contributed by atoms with Crippen LogP contribution in [0, 0.1) is 29.6 Å². The maximum absolute atomic E-state index is 13.5. The summed E-state index contributed by atoms with van der Waals surface area (Å²) in [5.41, 5.74) is 2.28. The highest BCUT2D eigenvalue weighted by Crippen LogP contribution is 2.62. The van der Waals surface area contributed by atoms with Gasteiger partial charge in [-0.05, 0) is 60.9 Å². The summed E-state index contributed by atoms with van der Waals surface area (Å²) < 4.78 is 10.3. The predicted octanol–water partition coefficient (Wildman–Crippen LogP) is 2.80. The van der Waals surface area contributed by atoms with Crippen molar-refractivity contribution in [3.8, 4) is 11.5 Å². The molecule has 8 nitrogen and oxygen atoms in total. The second kappa shape index (κ2) is 7.16. The van der Waals surface area contributed by atoms with Gasteiger partial charge in [-0.25, -0.2) is 0 Å². The Morgan fingerprint density at radius 1 is 0.939 bits per heavy atom. The van der Waals surface area contributed by atoms with Crippen LogP contribution in [0.25, 0.3) is 0 Å². The molecule has 2 aromatic rings. The van der Waals surface area contributed by atoms with Gasteiger partial charge in [-0.3, -0.25) is 19.3 Å². The van der Waals surface area contributed by atoms with Crippen LogP contribution in [0.4, 0.5) is 5.69 Å². The van der Waals surface area contributed by atoms with E-state index >= 15 is 0 Å². The summed E-state index contributed by atoms with van der Waals surface area (Å²) in [5, 5.41) is 4.37. The average Bonchev–Trinajstić information content (AvgIpc) is 3.55. The standard InChI is InChI=1S/C25H22N2O6/c1-12(28)32-16-9-5-14(6-10-16)27-24(29)19-17-11-18(20(19)25(27)30)23-21(17)22(26-33-23)13-3-7-15(31-2)8-4-13/h3-10,17-21,23H,11H2,1-2H3/t17-,18+,19+,20+,21+,23-/m1/s1. The Labute approximate surface area is 190 Å². The highest BCUT2D eigenvalue weighted by atomic mass is 16.6. The van der Waals surface area contributed by atoms with Gasteiger partial charge in [0.1, 0.15) is 17.6 Å². The van der Waals surface area contributed by atoms with Gasteiger partial charge in [0.15, 0.2) is 0 Å². The molecule has 6 rings (SSSR count). The van der Waals surface area contributed by atoms with Gasteiger partial charge in [0, 0.05) is 24.3 Å². The normalized spacial score (nSPS) is 31.2. The summed E-state index contributed by atoms with van der Waals surface area (Å²) in [6, 6.07) is 14.1. The summed E-state index contributed by atoms with van der Waals surface area (Å²) in [4.78, 5) is 45.2. The minimum absolute atomic E-state index is 0.00677. The number of fused-ring (bicyclic) bond motifs is 8. The Morgan fingerprint density at radius 2 is 1.58 bits per heavy atom. The van der Waals surface area contributed by atoms with E-state index in [4.69, 9.17) is 14.3 Å². The summed E-state index contributed by atoms with van der Waals surface area (Å²) in [6.45, 7) is 1.32. The van der Waals surface area contributed by atoms with Crippen LogP contribution >= 0.6 is 0 Å². The van der Waals surface area contributed by atoms with Crippen molar-refractivity contribution >= 4 is 29.2 Å². The largest absolute Gasteiger partial charge is 0.497 e. The van der Waals surface area contributed by atoms with E-state index in [-0.39, 0.29) is 47.5 Å². The molecular weight excluding hydrogens is 424 g/mol. The Morgan fingerprint density at radius 3 is 2.21 bits per heavy atom. The van der Waals surface area contributed by atoms with E-state index < -0.39 is 5.97 Å². The van der Waals surface area contributed by atoms with E-state index in [1.54, 1.807) is 31.4 Å². The van der Waals surface area contributed by atoms with Crippen molar-refractivity contribution < 1.29 is 28.7 Å². The lowest BCUT2D eigenvalue weighted by atomic mass is 9.71. The molecule has 6 atom stereocenters. The summed E-state index contributed by atoms with van der Waals surface area (Å²) in [6.07, 6.45) is 0.604. The molecule has 2 saturated carbocycles. The van der Waals surface area contributed by atoms with Crippen LogP contribution in [0.2, 0.25) is 0 Å². The van der Waals surface area contributed by atoms with Gasteiger partial charge in [0.25, 0.3) is 0 Å².